The van der Waals surface area contributed by atoms with Gasteiger partial charge in [0.1, 0.15) is 0 Å². The average Bonchev–Trinajstić information content (AvgIpc) is 3.13. The predicted octanol–water partition coefficient (Wildman–Crippen LogP) is 4.89. The second-order valence-corrected chi connectivity index (χ2v) is 9.13. The smallest absolute Gasteiger partial charge is 0.205 e. The maximum atomic E-state index is 9.90. The Labute approximate surface area is 188 Å². The first-order valence-electron chi connectivity index (χ1n) is 10.6. The third kappa shape index (κ3) is 4.70. The quantitative estimate of drug-likeness (QED) is 0.365. The van der Waals surface area contributed by atoms with Crippen LogP contribution in [0.25, 0.3) is 11.4 Å². The fraction of sp³-hybridized carbons (Fsp3) is 0.500. The Balaban J connectivity index is 2.20. The van der Waals surface area contributed by atoms with Gasteiger partial charge in [-0.15, -0.1) is 5.10 Å². The van der Waals surface area contributed by atoms with Crippen molar-refractivity contribution in [2.45, 2.75) is 59.5 Å². The highest BCUT2D eigenvalue weighted by Crippen LogP contribution is 2.39. The highest BCUT2D eigenvalue weighted by atomic mass is 35.5. The first-order chi connectivity index (χ1) is 14.6. The van der Waals surface area contributed by atoms with Crippen LogP contribution in [0.3, 0.4) is 0 Å². The summed E-state index contributed by atoms with van der Waals surface area (Å²) < 4.78 is 2.11. The molecule has 0 aliphatic carbocycles. The molecule has 0 bridgehead atoms. The number of nitrogens with two attached hydrogens (primary N) is 1. The van der Waals surface area contributed by atoms with E-state index in [0.717, 1.165) is 17.1 Å². The van der Waals surface area contributed by atoms with Crippen LogP contribution in [0.15, 0.2) is 18.2 Å². The standard InChI is InChI=1S/C22H32ClN7O/c1-11(2)17(10-31)26-22-27-21(25-14-7-8-16(24)15(23)9-14)19-20(30(22)13(5)6)18(12(3)4)28-29-19/h7-9,11-13,17,25,31H,10,24H2,1-6H3,(H,26,27). The number of halogens is 1. The predicted molar refractivity (Wildman–Crippen MR) is 127 cm³/mol. The molecule has 0 saturated carbocycles. The largest absolute Gasteiger partial charge is 0.398 e. The van der Waals surface area contributed by atoms with Crippen molar-refractivity contribution in [3.8, 4) is 11.4 Å². The van der Waals surface area contributed by atoms with Crippen molar-refractivity contribution in [2.24, 2.45) is 5.92 Å². The third-order valence-corrected chi connectivity index (χ3v) is 5.61. The summed E-state index contributed by atoms with van der Waals surface area (Å²) in [5.41, 5.74) is 9.61. The van der Waals surface area contributed by atoms with Gasteiger partial charge in [-0.1, -0.05) is 39.3 Å². The van der Waals surface area contributed by atoms with Gasteiger partial charge in [0.05, 0.1) is 34.7 Å². The molecule has 168 valence electrons. The number of aliphatic hydroxyl groups is 1. The highest BCUT2D eigenvalue weighted by molar-refractivity contribution is 6.33. The summed E-state index contributed by atoms with van der Waals surface area (Å²) in [6.07, 6.45) is 0. The van der Waals surface area contributed by atoms with Crippen molar-refractivity contribution >= 4 is 34.7 Å². The molecule has 0 spiro atoms. The molecule has 0 radical (unpaired) electrons. The average molecular weight is 446 g/mol. The lowest BCUT2D eigenvalue weighted by atomic mass is 10.0. The molecule has 9 heteroatoms. The maximum absolute atomic E-state index is 9.90. The van der Waals surface area contributed by atoms with Gasteiger partial charge in [-0.25, -0.2) is 0 Å². The molecule has 2 aliphatic rings. The van der Waals surface area contributed by atoms with E-state index >= 15 is 0 Å². The third-order valence-electron chi connectivity index (χ3n) is 5.28. The van der Waals surface area contributed by atoms with Crippen molar-refractivity contribution in [1.82, 2.24) is 19.7 Å². The Hall–Kier alpha value is -2.58. The summed E-state index contributed by atoms with van der Waals surface area (Å²) >= 11 is 6.21. The molecule has 8 nitrogen and oxygen atoms in total. The van der Waals surface area contributed by atoms with E-state index in [1.54, 1.807) is 12.1 Å². The summed E-state index contributed by atoms with van der Waals surface area (Å²) in [6.45, 7) is 12.5. The van der Waals surface area contributed by atoms with E-state index in [1.807, 2.05) is 6.07 Å². The highest BCUT2D eigenvalue weighted by Gasteiger charge is 2.29. The Morgan fingerprint density at radius 3 is 2.39 bits per heavy atom. The summed E-state index contributed by atoms with van der Waals surface area (Å²) in [5.74, 6) is 1.62. The Kier molecular flexibility index (Phi) is 6.91. The number of hydrogen-bond donors (Lipinski definition) is 4. The molecule has 5 N–H and O–H groups in total. The van der Waals surface area contributed by atoms with Gasteiger partial charge in [-0.3, -0.25) is 0 Å². The first kappa shape index (κ1) is 23.1. The minimum Gasteiger partial charge on any atom is -0.398 e. The molecular weight excluding hydrogens is 414 g/mol. The Morgan fingerprint density at radius 2 is 1.84 bits per heavy atom. The number of benzene rings is 1. The second-order valence-electron chi connectivity index (χ2n) is 8.72. The number of aromatic nitrogens is 4. The van der Waals surface area contributed by atoms with Crippen LogP contribution in [-0.4, -0.2) is 37.5 Å². The molecule has 2 aliphatic heterocycles. The van der Waals surface area contributed by atoms with E-state index in [9.17, 15) is 5.11 Å². The first-order valence-corrected chi connectivity index (χ1v) is 11.0. The van der Waals surface area contributed by atoms with Crippen molar-refractivity contribution in [3.05, 3.63) is 28.9 Å². The summed E-state index contributed by atoms with van der Waals surface area (Å²) in [4.78, 5) is 4.87. The van der Waals surface area contributed by atoms with Gasteiger partial charge in [0.15, 0.2) is 11.5 Å². The Bertz CT molecular complexity index is 1020. The number of nitrogens with zero attached hydrogens (tertiary/aromatic N) is 4. The number of nitrogen functional groups attached to an aromatic ring is 1. The number of aliphatic hydroxyl groups excluding tert-OH is 1. The van der Waals surface area contributed by atoms with Crippen LogP contribution in [0.4, 0.5) is 23.1 Å². The van der Waals surface area contributed by atoms with Crippen LogP contribution < -0.4 is 16.4 Å². The molecule has 0 fully saturated rings. The molecule has 0 amide bonds. The van der Waals surface area contributed by atoms with E-state index in [2.05, 4.69) is 66.9 Å². The van der Waals surface area contributed by atoms with E-state index in [4.69, 9.17) is 22.3 Å². The van der Waals surface area contributed by atoms with E-state index in [1.165, 1.54) is 0 Å². The molecule has 1 aromatic carbocycles. The van der Waals surface area contributed by atoms with E-state index in [0.29, 0.717) is 28.2 Å². The van der Waals surface area contributed by atoms with Crippen molar-refractivity contribution in [3.63, 3.8) is 0 Å². The van der Waals surface area contributed by atoms with Gasteiger partial charge in [-0.2, -0.15) is 10.1 Å². The summed E-state index contributed by atoms with van der Waals surface area (Å²) in [5, 5.41) is 26.1. The fourth-order valence-electron chi connectivity index (χ4n) is 3.45. The number of anilines is 4. The lowest BCUT2D eigenvalue weighted by Crippen LogP contribution is -2.32. The zero-order valence-electron chi connectivity index (χ0n) is 18.9. The van der Waals surface area contributed by atoms with Crippen molar-refractivity contribution in [1.29, 1.82) is 0 Å². The maximum Gasteiger partial charge on any atom is 0.205 e. The SMILES string of the molecule is CC(C)c1nnc2c(Nc3ccc(N)c(Cl)c3)nc(NC(CO)C(C)C)n(C(C)C)c1-2. The van der Waals surface area contributed by atoms with Gasteiger partial charge in [-0.05, 0) is 43.9 Å². The minimum atomic E-state index is -0.146. The summed E-state index contributed by atoms with van der Waals surface area (Å²) in [6, 6.07) is 5.30. The molecule has 2 heterocycles. The van der Waals surface area contributed by atoms with Crippen molar-refractivity contribution in [2.75, 3.05) is 23.0 Å². The number of hydrogen-bond acceptors (Lipinski definition) is 7. The molecule has 0 saturated heterocycles. The van der Waals surface area contributed by atoms with Gasteiger partial charge in [0, 0.05) is 11.7 Å². The zero-order valence-corrected chi connectivity index (χ0v) is 19.7. The lowest BCUT2D eigenvalue weighted by molar-refractivity contribution is 0.248. The molecule has 1 aromatic rings. The zero-order chi connectivity index (χ0) is 22.9. The second kappa shape index (κ2) is 9.28. The molecule has 1 atom stereocenters. The molecule has 1 unspecified atom stereocenters. The normalized spacial score (nSPS) is 12.9. The molecule has 3 rings (SSSR count). The van der Waals surface area contributed by atoms with Crippen LogP contribution in [0.2, 0.25) is 5.02 Å². The van der Waals surface area contributed by atoms with Crippen LogP contribution in [-0.2, 0) is 0 Å². The van der Waals surface area contributed by atoms with Crippen LogP contribution in [0, 0.1) is 5.92 Å². The number of nitrogens with one attached hydrogen (secondary N) is 2. The minimum absolute atomic E-state index is 0.000358. The van der Waals surface area contributed by atoms with Crippen LogP contribution >= 0.6 is 11.6 Å². The fourth-order valence-corrected chi connectivity index (χ4v) is 3.63. The van der Waals surface area contributed by atoms with Crippen LogP contribution in [0.1, 0.15) is 59.2 Å². The summed E-state index contributed by atoms with van der Waals surface area (Å²) in [7, 11) is 0. The van der Waals surface area contributed by atoms with Gasteiger partial charge >= 0.3 is 0 Å². The monoisotopic (exact) mass is 445 g/mol. The lowest BCUT2D eigenvalue weighted by Gasteiger charge is -2.28. The molecular formula is C22H32ClN7O. The van der Waals surface area contributed by atoms with Crippen molar-refractivity contribution < 1.29 is 5.11 Å². The van der Waals surface area contributed by atoms with Gasteiger partial charge in [0.2, 0.25) is 5.95 Å². The number of fused-ring (bicyclic) bond motifs is 1. The molecule has 31 heavy (non-hydrogen) atoms. The van der Waals surface area contributed by atoms with Crippen LogP contribution in [0.5, 0.6) is 0 Å². The molecule has 0 aromatic heterocycles. The Morgan fingerprint density at radius 1 is 1.13 bits per heavy atom. The van der Waals surface area contributed by atoms with Gasteiger partial charge < -0.3 is 26.0 Å². The topological polar surface area (TPSA) is 114 Å². The van der Waals surface area contributed by atoms with Gasteiger partial charge in [0.25, 0.3) is 0 Å². The number of rotatable bonds is 8. The van der Waals surface area contributed by atoms with E-state index in [-0.39, 0.29) is 30.5 Å². The van der Waals surface area contributed by atoms with E-state index < -0.39 is 0 Å².